The number of carbonyl (C=O) groups is 1. The number of aromatic nitrogens is 2. The van der Waals surface area contributed by atoms with Gasteiger partial charge in [-0.15, -0.1) is 11.8 Å². The second kappa shape index (κ2) is 6.40. The Bertz CT molecular complexity index is 488. The van der Waals surface area contributed by atoms with Crippen LogP contribution in [0, 0.1) is 13.8 Å². The van der Waals surface area contributed by atoms with Crippen molar-refractivity contribution in [1.82, 2.24) is 15.1 Å². The fourth-order valence-corrected chi connectivity index (χ4v) is 3.28. The van der Waals surface area contributed by atoms with Crippen molar-refractivity contribution in [3.05, 3.63) is 17.0 Å². The standard InChI is InChI=1S/C15H25N3O2S/c1-10-14(11(2)17-16-10)12-8-20-7-6-18(12)13(19)9-21-15(3,4)5/h12H,6-9H2,1-5H3,(H,16,17)/t12-/m0/s1. The van der Waals surface area contributed by atoms with Crippen LogP contribution in [-0.4, -0.2) is 51.3 Å². The number of nitrogens with one attached hydrogen (secondary N) is 1. The molecule has 2 rings (SSSR count). The Morgan fingerprint density at radius 3 is 2.76 bits per heavy atom. The summed E-state index contributed by atoms with van der Waals surface area (Å²) in [5.41, 5.74) is 3.07. The van der Waals surface area contributed by atoms with Gasteiger partial charge in [0.2, 0.25) is 5.91 Å². The van der Waals surface area contributed by atoms with Crippen LogP contribution in [-0.2, 0) is 9.53 Å². The van der Waals surface area contributed by atoms with Crippen molar-refractivity contribution in [2.75, 3.05) is 25.5 Å². The molecule has 21 heavy (non-hydrogen) atoms. The Balaban J connectivity index is 2.14. The Hall–Kier alpha value is -1.01. The Morgan fingerprint density at radius 1 is 1.48 bits per heavy atom. The lowest BCUT2D eigenvalue weighted by atomic mass is 10.0. The third kappa shape index (κ3) is 4.01. The fourth-order valence-electron chi connectivity index (χ4n) is 2.55. The first-order valence-corrected chi connectivity index (χ1v) is 8.31. The van der Waals surface area contributed by atoms with Gasteiger partial charge in [0.1, 0.15) is 0 Å². The van der Waals surface area contributed by atoms with Crippen LogP contribution in [0.4, 0.5) is 0 Å². The number of nitrogens with zero attached hydrogens (tertiary/aromatic N) is 2. The van der Waals surface area contributed by atoms with E-state index in [2.05, 4.69) is 31.0 Å². The van der Waals surface area contributed by atoms with Crippen LogP contribution < -0.4 is 0 Å². The smallest absolute Gasteiger partial charge is 0.233 e. The van der Waals surface area contributed by atoms with E-state index >= 15 is 0 Å². The SMILES string of the molecule is Cc1n[nH]c(C)c1[C@@H]1COCCN1C(=O)CSC(C)(C)C. The van der Waals surface area contributed by atoms with E-state index in [-0.39, 0.29) is 16.7 Å². The number of aryl methyl sites for hydroxylation is 2. The molecule has 0 saturated carbocycles. The zero-order valence-electron chi connectivity index (χ0n) is 13.5. The van der Waals surface area contributed by atoms with Crippen LogP contribution in [0.25, 0.3) is 0 Å². The molecule has 0 aliphatic carbocycles. The van der Waals surface area contributed by atoms with Crippen molar-refractivity contribution >= 4 is 17.7 Å². The van der Waals surface area contributed by atoms with Crippen molar-refractivity contribution < 1.29 is 9.53 Å². The number of H-pyrrole nitrogens is 1. The predicted molar refractivity (Wildman–Crippen MR) is 85.5 cm³/mol. The summed E-state index contributed by atoms with van der Waals surface area (Å²) in [5.74, 6) is 0.693. The van der Waals surface area contributed by atoms with Gasteiger partial charge in [-0.1, -0.05) is 20.8 Å². The molecule has 0 aromatic carbocycles. The first-order chi connectivity index (χ1) is 9.79. The summed E-state index contributed by atoms with van der Waals surface area (Å²) in [7, 11) is 0. The highest BCUT2D eigenvalue weighted by Gasteiger charge is 2.32. The minimum Gasteiger partial charge on any atom is -0.377 e. The average Bonchev–Trinajstić information content (AvgIpc) is 2.75. The largest absolute Gasteiger partial charge is 0.377 e. The summed E-state index contributed by atoms with van der Waals surface area (Å²) >= 11 is 1.69. The van der Waals surface area contributed by atoms with Gasteiger partial charge in [-0.25, -0.2) is 0 Å². The Morgan fingerprint density at radius 2 is 2.19 bits per heavy atom. The number of carbonyl (C=O) groups excluding carboxylic acids is 1. The lowest BCUT2D eigenvalue weighted by Crippen LogP contribution is -2.44. The molecular formula is C15H25N3O2S. The second-order valence-electron chi connectivity index (χ2n) is 6.43. The van der Waals surface area contributed by atoms with E-state index in [9.17, 15) is 4.79 Å². The van der Waals surface area contributed by atoms with Gasteiger partial charge >= 0.3 is 0 Å². The van der Waals surface area contributed by atoms with E-state index in [0.29, 0.717) is 25.5 Å². The maximum absolute atomic E-state index is 12.6. The molecule has 0 spiro atoms. The Labute approximate surface area is 130 Å². The number of amides is 1. The molecule has 1 aliphatic heterocycles. The summed E-state index contributed by atoms with van der Waals surface area (Å²) in [6, 6.07) is -0.0226. The molecule has 5 nitrogen and oxygen atoms in total. The number of rotatable bonds is 3. The van der Waals surface area contributed by atoms with Crippen molar-refractivity contribution in [2.45, 2.75) is 45.4 Å². The van der Waals surface area contributed by atoms with E-state index in [1.54, 1.807) is 11.8 Å². The molecule has 0 unspecified atom stereocenters. The lowest BCUT2D eigenvalue weighted by Gasteiger charge is -2.36. The highest BCUT2D eigenvalue weighted by molar-refractivity contribution is 8.01. The van der Waals surface area contributed by atoms with E-state index < -0.39 is 0 Å². The van der Waals surface area contributed by atoms with Crippen LogP contribution in [0.5, 0.6) is 0 Å². The molecule has 1 amide bonds. The Kier molecular flexibility index (Phi) is 4.99. The maximum atomic E-state index is 12.6. The highest BCUT2D eigenvalue weighted by Crippen LogP contribution is 2.30. The highest BCUT2D eigenvalue weighted by atomic mass is 32.2. The fraction of sp³-hybridized carbons (Fsp3) is 0.733. The van der Waals surface area contributed by atoms with Gasteiger partial charge in [-0.3, -0.25) is 9.89 Å². The van der Waals surface area contributed by atoms with Gasteiger partial charge in [0.05, 0.1) is 30.7 Å². The monoisotopic (exact) mass is 311 g/mol. The van der Waals surface area contributed by atoms with Gasteiger partial charge < -0.3 is 9.64 Å². The quantitative estimate of drug-likeness (QED) is 0.931. The van der Waals surface area contributed by atoms with E-state index in [1.165, 1.54) is 0 Å². The molecule has 1 atom stereocenters. The third-order valence-electron chi connectivity index (χ3n) is 3.60. The minimum absolute atomic E-state index is 0.0226. The summed E-state index contributed by atoms with van der Waals surface area (Å²) in [6.07, 6.45) is 0. The number of aromatic amines is 1. The normalized spacial score (nSPS) is 19.9. The van der Waals surface area contributed by atoms with Gasteiger partial charge in [0.25, 0.3) is 0 Å². The van der Waals surface area contributed by atoms with E-state index in [4.69, 9.17) is 4.74 Å². The molecule has 1 aromatic rings. The number of thioether (sulfide) groups is 1. The van der Waals surface area contributed by atoms with Crippen molar-refractivity contribution in [3.63, 3.8) is 0 Å². The number of ether oxygens (including phenoxy) is 1. The molecule has 0 radical (unpaired) electrons. The van der Waals surface area contributed by atoms with E-state index in [1.807, 2.05) is 18.7 Å². The van der Waals surface area contributed by atoms with Crippen LogP contribution in [0.15, 0.2) is 0 Å². The summed E-state index contributed by atoms with van der Waals surface area (Å²) < 4.78 is 5.70. The van der Waals surface area contributed by atoms with Gasteiger partial charge in [-0.05, 0) is 13.8 Å². The van der Waals surface area contributed by atoms with Gasteiger partial charge in [0.15, 0.2) is 0 Å². The van der Waals surface area contributed by atoms with Crippen LogP contribution in [0.2, 0.25) is 0 Å². The predicted octanol–water partition coefficient (Wildman–Crippen LogP) is 2.46. The molecule has 2 heterocycles. The first kappa shape index (κ1) is 16.4. The van der Waals surface area contributed by atoms with Crippen molar-refractivity contribution in [3.8, 4) is 0 Å². The van der Waals surface area contributed by atoms with Crippen LogP contribution in [0.1, 0.15) is 43.8 Å². The zero-order valence-corrected chi connectivity index (χ0v) is 14.3. The molecule has 118 valence electrons. The van der Waals surface area contributed by atoms with Gasteiger partial charge in [-0.2, -0.15) is 5.10 Å². The molecular weight excluding hydrogens is 286 g/mol. The second-order valence-corrected chi connectivity index (χ2v) is 8.23. The number of hydrogen-bond donors (Lipinski definition) is 1. The third-order valence-corrected chi connectivity index (χ3v) is 4.85. The van der Waals surface area contributed by atoms with Crippen molar-refractivity contribution in [2.24, 2.45) is 0 Å². The molecule has 1 aliphatic rings. The molecule has 1 saturated heterocycles. The van der Waals surface area contributed by atoms with Gasteiger partial charge in [0, 0.05) is 22.5 Å². The lowest BCUT2D eigenvalue weighted by molar-refractivity contribution is -0.137. The molecule has 1 aromatic heterocycles. The minimum atomic E-state index is -0.0226. The molecule has 1 fully saturated rings. The van der Waals surface area contributed by atoms with Crippen molar-refractivity contribution in [1.29, 1.82) is 0 Å². The topological polar surface area (TPSA) is 58.2 Å². The maximum Gasteiger partial charge on any atom is 0.233 e. The molecule has 1 N–H and O–H groups in total. The molecule has 0 bridgehead atoms. The van der Waals surface area contributed by atoms with Crippen LogP contribution in [0.3, 0.4) is 0 Å². The average molecular weight is 311 g/mol. The summed E-state index contributed by atoms with van der Waals surface area (Å²) in [4.78, 5) is 14.5. The number of hydrogen-bond acceptors (Lipinski definition) is 4. The summed E-state index contributed by atoms with van der Waals surface area (Å²) in [6.45, 7) is 12.2. The molecule has 6 heteroatoms. The first-order valence-electron chi connectivity index (χ1n) is 7.32. The van der Waals surface area contributed by atoms with Crippen LogP contribution >= 0.6 is 11.8 Å². The number of morpholine rings is 1. The zero-order chi connectivity index (χ0) is 15.6. The van der Waals surface area contributed by atoms with E-state index in [0.717, 1.165) is 17.0 Å². The summed E-state index contributed by atoms with van der Waals surface area (Å²) in [5, 5.41) is 7.25.